The number of thioether (sulfide) groups is 1. The average Bonchev–Trinajstić information content (AvgIpc) is 1.87. The minimum Gasteiger partial charge on any atom is -0.394 e. The fourth-order valence-electron chi connectivity index (χ4n) is 1.58. The fraction of sp³-hybridized carbons (Fsp3) is 0.714. The van der Waals surface area contributed by atoms with E-state index in [4.69, 9.17) is 5.73 Å². The molecule has 3 aliphatic rings. The van der Waals surface area contributed by atoms with Crippen molar-refractivity contribution in [3.63, 3.8) is 0 Å². The van der Waals surface area contributed by atoms with Crippen LogP contribution in [0.2, 0.25) is 0 Å². The van der Waals surface area contributed by atoms with Gasteiger partial charge in [0.05, 0.1) is 5.03 Å². The van der Waals surface area contributed by atoms with Gasteiger partial charge in [0.25, 0.3) is 0 Å². The Labute approximate surface area is 59.7 Å². The minimum atomic E-state index is 0.816. The highest BCUT2D eigenvalue weighted by Gasteiger charge is 2.40. The summed E-state index contributed by atoms with van der Waals surface area (Å²) in [5.74, 6) is 1.71. The highest BCUT2D eigenvalue weighted by molar-refractivity contribution is 8.03. The zero-order valence-electron chi connectivity index (χ0n) is 5.50. The molecule has 2 bridgehead atoms. The second kappa shape index (κ2) is 1.69. The Morgan fingerprint density at radius 2 is 2.56 bits per heavy atom. The summed E-state index contributed by atoms with van der Waals surface area (Å²) >= 11 is 1.85. The summed E-state index contributed by atoms with van der Waals surface area (Å²) in [4.78, 5) is 0. The highest BCUT2D eigenvalue weighted by atomic mass is 32.2. The van der Waals surface area contributed by atoms with E-state index in [2.05, 4.69) is 13.0 Å². The summed E-state index contributed by atoms with van der Waals surface area (Å²) in [7, 11) is 0. The van der Waals surface area contributed by atoms with Crippen LogP contribution in [-0.4, -0.2) is 5.25 Å². The van der Waals surface area contributed by atoms with Crippen molar-refractivity contribution in [2.75, 3.05) is 0 Å². The zero-order valence-corrected chi connectivity index (χ0v) is 6.32. The summed E-state index contributed by atoms with van der Waals surface area (Å²) in [5.41, 5.74) is 5.64. The lowest BCUT2D eigenvalue weighted by molar-refractivity contribution is 0.260. The number of nitrogens with two attached hydrogens (primary N) is 1. The van der Waals surface area contributed by atoms with E-state index in [0.717, 1.165) is 22.1 Å². The van der Waals surface area contributed by atoms with Crippen molar-refractivity contribution >= 4 is 11.8 Å². The van der Waals surface area contributed by atoms with Crippen molar-refractivity contribution in [3.8, 4) is 0 Å². The molecule has 1 aliphatic carbocycles. The highest BCUT2D eigenvalue weighted by Crippen LogP contribution is 2.49. The van der Waals surface area contributed by atoms with Gasteiger partial charge in [-0.15, -0.1) is 11.8 Å². The van der Waals surface area contributed by atoms with Crippen LogP contribution in [0.25, 0.3) is 0 Å². The van der Waals surface area contributed by atoms with Crippen LogP contribution in [0.3, 0.4) is 0 Å². The Morgan fingerprint density at radius 1 is 1.78 bits per heavy atom. The first-order chi connectivity index (χ1) is 4.27. The van der Waals surface area contributed by atoms with Crippen LogP contribution in [0.1, 0.15) is 13.3 Å². The Bertz CT molecular complexity index is 164. The molecule has 0 aromatic heterocycles. The van der Waals surface area contributed by atoms with Crippen LogP contribution in [-0.2, 0) is 0 Å². The molecule has 1 fully saturated rings. The van der Waals surface area contributed by atoms with E-state index in [-0.39, 0.29) is 0 Å². The molecular weight excluding hydrogens is 130 g/mol. The average molecular weight is 141 g/mol. The van der Waals surface area contributed by atoms with Gasteiger partial charge in [0, 0.05) is 5.25 Å². The van der Waals surface area contributed by atoms with Gasteiger partial charge >= 0.3 is 0 Å². The Kier molecular flexibility index (Phi) is 1.06. The van der Waals surface area contributed by atoms with Crippen molar-refractivity contribution < 1.29 is 0 Å². The van der Waals surface area contributed by atoms with Gasteiger partial charge in [-0.2, -0.15) is 0 Å². The fourth-order valence-corrected chi connectivity index (χ4v) is 2.92. The third kappa shape index (κ3) is 0.692. The lowest BCUT2D eigenvalue weighted by atomic mass is 9.74. The predicted molar refractivity (Wildman–Crippen MR) is 40.9 cm³/mol. The van der Waals surface area contributed by atoms with E-state index >= 15 is 0 Å². The molecule has 0 aromatic rings. The number of fused-ring (bicyclic) bond motifs is 1. The van der Waals surface area contributed by atoms with Gasteiger partial charge in [-0.25, -0.2) is 0 Å². The maximum atomic E-state index is 5.64. The van der Waals surface area contributed by atoms with E-state index in [1.54, 1.807) is 0 Å². The van der Waals surface area contributed by atoms with Crippen molar-refractivity contribution in [1.29, 1.82) is 0 Å². The Hall–Kier alpha value is -0.110. The molecule has 0 spiro atoms. The van der Waals surface area contributed by atoms with Crippen LogP contribution < -0.4 is 5.73 Å². The molecule has 0 amide bonds. The van der Waals surface area contributed by atoms with Crippen LogP contribution in [0.15, 0.2) is 11.1 Å². The van der Waals surface area contributed by atoms with Gasteiger partial charge in [0.15, 0.2) is 0 Å². The molecule has 2 heteroatoms. The second-order valence-corrected chi connectivity index (χ2v) is 4.30. The molecule has 0 radical (unpaired) electrons. The predicted octanol–water partition coefficient (Wildman–Crippen LogP) is 1.56. The topological polar surface area (TPSA) is 26.0 Å². The van der Waals surface area contributed by atoms with E-state index in [1.807, 2.05) is 11.8 Å². The second-order valence-electron chi connectivity index (χ2n) is 2.98. The molecule has 9 heavy (non-hydrogen) atoms. The minimum absolute atomic E-state index is 0.816. The SMILES string of the molecule is CC1C2C=C(N)SC1C2. The standard InChI is InChI=1S/C7H11NS/c1-4-5-2-6(4)9-7(8)3-5/h3-6H,2,8H2,1H3. The molecule has 3 atom stereocenters. The van der Waals surface area contributed by atoms with Gasteiger partial charge in [-0.1, -0.05) is 13.0 Å². The molecule has 50 valence electrons. The molecule has 1 nitrogen and oxygen atoms in total. The smallest absolute Gasteiger partial charge is 0.0620 e. The number of rotatable bonds is 0. The summed E-state index contributed by atoms with van der Waals surface area (Å²) in [6, 6.07) is 0. The van der Waals surface area contributed by atoms with Crippen LogP contribution in [0, 0.1) is 11.8 Å². The Morgan fingerprint density at radius 3 is 2.89 bits per heavy atom. The van der Waals surface area contributed by atoms with Crippen molar-refractivity contribution in [2.24, 2.45) is 17.6 Å². The van der Waals surface area contributed by atoms with Crippen LogP contribution in [0.5, 0.6) is 0 Å². The summed E-state index contributed by atoms with van der Waals surface area (Å²) in [5, 5.41) is 1.90. The molecule has 1 saturated carbocycles. The quantitative estimate of drug-likeness (QED) is 0.554. The third-order valence-electron chi connectivity index (χ3n) is 2.43. The molecule has 0 aromatic carbocycles. The van der Waals surface area contributed by atoms with E-state index < -0.39 is 0 Å². The molecule has 2 N–H and O–H groups in total. The summed E-state index contributed by atoms with van der Waals surface area (Å²) in [6.07, 6.45) is 3.59. The lowest BCUT2D eigenvalue weighted by Crippen LogP contribution is -2.39. The van der Waals surface area contributed by atoms with Crippen molar-refractivity contribution in [3.05, 3.63) is 11.1 Å². The molecule has 3 rings (SSSR count). The largest absolute Gasteiger partial charge is 0.394 e. The summed E-state index contributed by atoms with van der Waals surface area (Å²) < 4.78 is 0. The molecule has 2 aliphatic heterocycles. The lowest BCUT2D eigenvalue weighted by Gasteiger charge is -2.44. The van der Waals surface area contributed by atoms with Crippen LogP contribution >= 0.6 is 11.8 Å². The molecule has 2 heterocycles. The van der Waals surface area contributed by atoms with Crippen molar-refractivity contribution in [2.45, 2.75) is 18.6 Å². The van der Waals surface area contributed by atoms with Gasteiger partial charge in [-0.05, 0) is 18.3 Å². The number of hydrogen-bond donors (Lipinski definition) is 1. The van der Waals surface area contributed by atoms with Crippen molar-refractivity contribution in [1.82, 2.24) is 0 Å². The molecule has 0 saturated heterocycles. The first-order valence-electron chi connectivity index (χ1n) is 3.41. The van der Waals surface area contributed by atoms with Gasteiger partial charge < -0.3 is 5.73 Å². The van der Waals surface area contributed by atoms with E-state index in [0.29, 0.717) is 0 Å². The maximum absolute atomic E-state index is 5.64. The van der Waals surface area contributed by atoms with Gasteiger partial charge in [0.2, 0.25) is 0 Å². The normalized spacial score (nSPS) is 47.7. The molecular formula is C7H11NS. The van der Waals surface area contributed by atoms with Crippen LogP contribution in [0.4, 0.5) is 0 Å². The zero-order chi connectivity index (χ0) is 6.43. The van der Waals surface area contributed by atoms with Gasteiger partial charge in [-0.3, -0.25) is 0 Å². The third-order valence-corrected chi connectivity index (χ3v) is 3.76. The van der Waals surface area contributed by atoms with E-state index in [1.165, 1.54) is 6.42 Å². The first kappa shape index (κ1) is 5.66. The molecule has 3 unspecified atom stereocenters. The monoisotopic (exact) mass is 141 g/mol. The Balaban J connectivity index is 2.19. The number of allylic oxidation sites excluding steroid dienone is 1. The number of hydrogen-bond acceptors (Lipinski definition) is 2. The van der Waals surface area contributed by atoms with Gasteiger partial charge in [0.1, 0.15) is 0 Å². The summed E-state index contributed by atoms with van der Waals surface area (Å²) in [6.45, 7) is 2.31. The van der Waals surface area contributed by atoms with E-state index in [9.17, 15) is 0 Å². The maximum Gasteiger partial charge on any atom is 0.0620 e. The first-order valence-corrected chi connectivity index (χ1v) is 4.29.